The molecule has 0 radical (unpaired) electrons. The molecular formula is C42H26O. The summed E-state index contributed by atoms with van der Waals surface area (Å²) < 4.78 is 84.9. The maximum Gasteiger partial charge on any atom is 0.136 e. The van der Waals surface area contributed by atoms with Gasteiger partial charge in [0.15, 0.2) is 0 Å². The predicted octanol–water partition coefficient (Wildman–Crippen LogP) is 12.0. The van der Waals surface area contributed by atoms with Crippen molar-refractivity contribution in [3.8, 4) is 33.4 Å². The SMILES string of the molecule is [2H]c1c([2H])c([2H])c(-c2c([2H])c([2H])c([2H])c([2H])c2-c2c3ccccc3c(-c3cccc4oc5cc6ccccc6cc5c34)c3ccccc23)c([2H])c1[2H]. The number of benzene rings is 8. The summed E-state index contributed by atoms with van der Waals surface area (Å²) in [5, 5.41) is 7.00. The summed E-state index contributed by atoms with van der Waals surface area (Å²) >= 11 is 0. The molecule has 0 fully saturated rings. The van der Waals surface area contributed by atoms with Gasteiger partial charge in [0.1, 0.15) is 11.2 Å². The Labute approximate surface area is 261 Å². The highest BCUT2D eigenvalue weighted by atomic mass is 16.3. The van der Waals surface area contributed by atoms with Gasteiger partial charge in [0.2, 0.25) is 0 Å². The third-order valence-electron chi connectivity index (χ3n) is 8.25. The molecule has 0 atom stereocenters. The molecule has 0 bridgehead atoms. The van der Waals surface area contributed by atoms with Gasteiger partial charge in [0, 0.05) is 10.8 Å². The van der Waals surface area contributed by atoms with Gasteiger partial charge in [-0.3, -0.25) is 0 Å². The van der Waals surface area contributed by atoms with Gasteiger partial charge < -0.3 is 4.42 Å². The lowest BCUT2D eigenvalue weighted by Gasteiger charge is -2.20. The topological polar surface area (TPSA) is 13.1 Å². The highest BCUT2D eigenvalue weighted by molar-refractivity contribution is 6.26. The van der Waals surface area contributed by atoms with E-state index in [0.717, 1.165) is 54.6 Å². The Balaban J connectivity index is 1.47. The van der Waals surface area contributed by atoms with Crippen molar-refractivity contribution in [3.05, 3.63) is 158 Å². The van der Waals surface area contributed by atoms with Crippen LogP contribution in [0.3, 0.4) is 0 Å². The maximum absolute atomic E-state index is 9.31. The molecule has 9 aromatic rings. The molecule has 200 valence electrons. The zero-order chi connectivity index (χ0) is 36.2. The molecule has 9 rings (SSSR count). The molecule has 0 unspecified atom stereocenters. The second kappa shape index (κ2) is 9.44. The van der Waals surface area contributed by atoms with Crippen LogP contribution >= 0.6 is 0 Å². The first kappa shape index (κ1) is 16.7. The van der Waals surface area contributed by atoms with Crippen LogP contribution < -0.4 is 0 Å². The predicted molar refractivity (Wildman–Crippen MR) is 183 cm³/mol. The first-order valence-electron chi connectivity index (χ1n) is 18.5. The van der Waals surface area contributed by atoms with Crippen LogP contribution in [0.2, 0.25) is 0 Å². The third-order valence-corrected chi connectivity index (χ3v) is 8.25. The monoisotopic (exact) mass is 555 g/mol. The lowest BCUT2D eigenvalue weighted by atomic mass is 9.83. The van der Waals surface area contributed by atoms with E-state index >= 15 is 0 Å². The molecule has 0 aliphatic heterocycles. The minimum Gasteiger partial charge on any atom is -0.456 e. The molecule has 0 spiro atoms. The van der Waals surface area contributed by atoms with E-state index in [1.807, 2.05) is 72.8 Å². The van der Waals surface area contributed by atoms with Crippen LogP contribution in [-0.2, 0) is 0 Å². The van der Waals surface area contributed by atoms with Gasteiger partial charge >= 0.3 is 0 Å². The van der Waals surface area contributed by atoms with Crippen LogP contribution in [0.5, 0.6) is 0 Å². The Hall–Kier alpha value is -5.66. The fourth-order valence-electron chi connectivity index (χ4n) is 6.47. The quantitative estimate of drug-likeness (QED) is 0.198. The van der Waals surface area contributed by atoms with Gasteiger partial charge in [0.05, 0.1) is 12.3 Å². The number of hydrogen-bond donors (Lipinski definition) is 0. The molecule has 0 aliphatic carbocycles. The fraction of sp³-hybridized carbons (Fsp3) is 0. The van der Waals surface area contributed by atoms with Crippen molar-refractivity contribution in [1.82, 2.24) is 0 Å². The van der Waals surface area contributed by atoms with Crippen LogP contribution in [0.25, 0.3) is 87.6 Å². The van der Waals surface area contributed by atoms with Crippen LogP contribution in [0.4, 0.5) is 0 Å². The zero-order valence-electron chi connectivity index (χ0n) is 31.7. The number of furan rings is 1. The smallest absolute Gasteiger partial charge is 0.136 e. The van der Waals surface area contributed by atoms with E-state index in [1.54, 1.807) is 0 Å². The van der Waals surface area contributed by atoms with E-state index in [-0.39, 0.29) is 22.7 Å². The normalized spacial score (nSPS) is 14.7. The molecule has 0 saturated heterocycles. The van der Waals surface area contributed by atoms with Crippen molar-refractivity contribution in [2.75, 3.05) is 0 Å². The van der Waals surface area contributed by atoms with Gasteiger partial charge in [-0.15, -0.1) is 0 Å². The van der Waals surface area contributed by atoms with Crippen molar-refractivity contribution in [3.63, 3.8) is 0 Å². The fourth-order valence-corrected chi connectivity index (χ4v) is 6.47. The molecule has 8 aromatic carbocycles. The Kier molecular flexibility index (Phi) is 3.67. The van der Waals surface area contributed by atoms with E-state index in [0.29, 0.717) is 16.3 Å². The number of fused-ring (bicyclic) bond motifs is 6. The summed E-state index contributed by atoms with van der Waals surface area (Å²) in [7, 11) is 0. The van der Waals surface area contributed by atoms with Gasteiger partial charge in [-0.2, -0.15) is 0 Å². The molecule has 43 heavy (non-hydrogen) atoms. The molecule has 1 nitrogen and oxygen atoms in total. The van der Waals surface area contributed by atoms with Gasteiger partial charge in [-0.05, 0) is 83.9 Å². The van der Waals surface area contributed by atoms with Crippen LogP contribution in [-0.4, -0.2) is 0 Å². The van der Waals surface area contributed by atoms with Crippen molar-refractivity contribution < 1.29 is 16.8 Å². The maximum atomic E-state index is 9.31. The van der Waals surface area contributed by atoms with Crippen LogP contribution in [0.15, 0.2) is 162 Å². The molecule has 1 heterocycles. The Morgan fingerprint density at radius 2 is 0.977 bits per heavy atom. The summed E-state index contributed by atoms with van der Waals surface area (Å²) in [6, 6.07) is 28.8. The minimum atomic E-state index is -0.590. The summed E-state index contributed by atoms with van der Waals surface area (Å²) in [5.41, 5.74) is 3.40. The van der Waals surface area contributed by atoms with Crippen molar-refractivity contribution in [2.24, 2.45) is 0 Å². The van der Waals surface area contributed by atoms with E-state index in [1.165, 1.54) is 0 Å². The summed E-state index contributed by atoms with van der Waals surface area (Å²) in [6.07, 6.45) is 0. The van der Waals surface area contributed by atoms with E-state index in [2.05, 4.69) is 30.3 Å². The number of hydrogen-bond acceptors (Lipinski definition) is 1. The molecular weight excluding hydrogens is 520 g/mol. The van der Waals surface area contributed by atoms with Crippen molar-refractivity contribution >= 4 is 54.3 Å². The second-order valence-corrected chi connectivity index (χ2v) is 10.6. The molecule has 1 aromatic heterocycles. The average molecular weight is 556 g/mol. The van der Waals surface area contributed by atoms with Crippen LogP contribution in [0.1, 0.15) is 12.3 Å². The first-order chi connectivity index (χ1) is 25.1. The summed E-state index contributed by atoms with van der Waals surface area (Å²) in [6.45, 7) is 0. The zero-order valence-corrected chi connectivity index (χ0v) is 22.7. The highest BCUT2D eigenvalue weighted by Gasteiger charge is 2.21. The molecule has 0 saturated carbocycles. The van der Waals surface area contributed by atoms with Crippen molar-refractivity contribution in [2.45, 2.75) is 0 Å². The van der Waals surface area contributed by atoms with E-state index < -0.39 is 48.3 Å². The molecule has 1 heteroatoms. The minimum absolute atomic E-state index is 0.0573. The second-order valence-electron chi connectivity index (χ2n) is 10.6. The van der Waals surface area contributed by atoms with Gasteiger partial charge in [-0.1, -0.05) is 139 Å². The summed E-state index contributed by atoms with van der Waals surface area (Å²) in [4.78, 5) is 0. The Morgan fingerprint density at radius 1 is 0.419 bits per heavy atom. The third kappa shape index (κ3) is 3.65. The highest BCUT2D eigenvalue weighted by Crippen LogP contribution is 2.48. The van der Waals surface area contributed by atoms with Gasteiger partial charge in [0.25, 0.3) is 0 Å². The lowest BCUT2D eigenvalue weighted by molar-refractivity contribution is 0.669. The standard InChI is InChI=1S/C42H26O/c1-2-13-27(14-3-1)30-17-6-7-18-31(30)40-32-19-8-10-21-34(32)41(35-22-11-9-20-33(35)40)36-23-12-24-38-42(36)37-25-28-15-4-5-16-29(28)26-39(37)43-38/h1-26H/i1D,2D,3D,6D,7D,13D,14D,17D,18D. The first-order valence-corrected chi connectivity index (χ1v) is 14.0. The summed E-state index contributed by atoms with van der Waals surface area (Å²) in [5.74, 6) is 0. The number of rotatable bonds is 3. The van der Waals surface area contributed by atoms with Crippen molar-refractivity contribution in [1.29, 1.82) is 0 Å². The van der Waals surface area contributed by atoms with E-state index in [4.69, 9.17) is 15.4 Å². The van der Waals surface area contributed by atoms with Gasteiger partial charge in [-0.25, -0.2) is 0 Å². The molecule has 0 N–H and O–H groups in total. The lowest BCUT2D eigenvalue weighted by Crippen LogP contribution is -1.93. The Bertz CT molecular complexity index is 2930. The molecule has 0 aliphatic rings. The Morgan fingerprint density at radius 3 is 1.65 bits per heavy atom. The average Bonchev–Trinajstić information content (AvgIpc) is 3.53. The largest absolute Gasteiger partial charge is 0.456 e. The van der Waals surface area contributed by atoms with E-state index in [9.17, 15) is 1.37 Å². The van der Waals surface area contributed by atoms with Crippen LogP contribution in [0, 0.1) is 0 Å². The molecule has 0 amide bonds.